The van der Waals surface area contributed by atoms with Gasteiger partial charge in [0.1, 0.15) is 5.82 Å². The van der Waals surface area contributed by atoms with Gasteiger partial charge in [-0.25, -0.2) is 13.9 Å². The quantitative estimate of drug-likeness (QED) is 0.727. The van der Waals surface area contributed by atoms with E-state index in [1.807, 2.05) is 6.20 Å². The summed E-state index contributed by atoms with van der Waals surface area (Å²) in [7, 11) is 0. The van der Waals surface area contributed by atoms with Gasteiger partial charge in [0.15, 0.2) is 0 Å². The first-order valence-corrected chi connectivity index (χ1v) is 8.27. The normalized spacial score (nSPS) is 15.1. The molecule has 138 valence electrons. The maximum Gasteiger partial charge on any atom is 0.254 e. The number of morpholine rings is 1. The molecule has 4 N–H and O–H groups in total. The zero-order valence-corrected chi connectivity index (χ0v) is 14.2. The molecule has 0 amide bonds. The van der Waals surface area contributed by atoms with Gasteiger partial charge in [0.05, 0.1) is 18.9 Å². The van der Waals surface area contributed by atoms with Crippen molar-refractivity contribution in [2.24, 2.45) is 0 Å². The molecule has 1 fully saturated rings. The van der Waals surface area contributed by atoms with E-state index in [1.54, 1.807) is 16.6 Å². The predicted molar refractivity (Wildman–Crippen MR) is 95.2 cm³/mol. The lowest BCUT2D eigenvalue weighted by Gasteiger charge is -2.26. The molecule has 2 aromatic heterocycles. The van der Waals surface area contributed by atoms with E-state index in [4.69, 9.17) is 10.5 Å². The number of hydrogen-bond acceptors (Lipinski definition) is 6. The minimum Gasteiger partial charge on any atom is -0.412 e. The first kappa shape index (κ1) is 18.2. The summed E-state index contributed by atoms with van der Waals surface area (Å²) >= 11 is 0. The van der Waals surface area contributed by atoms with Crippen LogP contribution in [0.25, 0.3) is 17.0 Å². The summed E-state index contributed by atoms with van der Waals surface area (Å²) in [6, 6.07) is 6.33. The average Bonchev–Trinajstić information content (AvgIpc) is 3.00. The number of halogens is 1. The van der Waals surface area contributed by atoms with Crippen LogP contribution in [0.3, 0.4) is 0 Å². The summed E-state index contributed by atoms with van der Waals surface area (Å²) in [6.45, 7) is 4.29. The zero-order valence-electron chi connectivity index (χ0n) is 14.2. The van der Waals surface area contributed by atoms with Crippen molar-refractivity contribution in [3.8, 4) is 11.3 Å². The number of rotatable bonds is 4. The van der Waals surface area contributed by atoms with E-state index in [1.165, 1.54) is 12.1 Å². The Morgan fingerprint density at radius 3 is 2.58 bits per heavy atom. The van der Waals surface area contributed by atoms with Crippen molar-refractivity contribution in [1.82, 2.24) is 24.5 Å². The number of anilines is 1. The third-order valence-electron chi connectivity index (χ3n) is 4.34. The third kappa shape index (κ3) is 3.79. The summed E-state index contributed by atoms with van der Waals surface area (Å²) < 4.78 is 20.3. The topological polar surface area (TPSA) is 113 Å². The number of fused-ring (bicyclic) bond motifs is 1. The van der Waals surface area contributed by atoms with Crippen LogP contribution in [-0.4, -0.2) is 62.8 Å². The molecule has 26 heavy (non-hydrogen) atoms. The van der Waals surface area contributed by atoms with Crippen LogP contribution < -0.4 is 5.73 Å². The molecule has 0 bridgehead atoms. The molecule has 1 aliphatic rings. The van der Waals surface area contributed by atoms with Crippen molar-refractivity contribution >= 4 is 11.7 Å². The van der Waals surface area contributed by atoms with Crippen molar-refractivity contribution in [2.75, 3.05) is 38.6 Å². The van der Waals surface area contributed by atoms with Gasteiger partial charge in [0.25, 0.3) is 5.78 Å². The maximum absolute atomic E-state index is 13.3. The van der Waals surface area contributed by atoms with Gasteiger partial charge < -0.3 is 15.9 Å². The summed E-state index contributed by atoms with van der Waals surface area (Å²) in [6.07, 6.45) is 2.71. The molecule has 0 atom stereocenters. The molecule has 9 heteroatoms. The second-order valence-corrected chi connectivity index (χ2v) is 6.04. The van der Waals surface area contributed by atoms with E-state index >= 15 is 0 Å². The fourth-order valence-electron chi connectivity index (χ4n) is 3.02. The number of aromatic nitrogens is 4. The molecule has 3 heterocycles. The van der Waals surface area contributed by atoms with Crippen LogP contribution in [0.15, 0.2) is 30.5 Å². The van der Waals surface area contributed by atoms with Crippen molar-refractivity contribution in [2.45, 2.75) is 6.42 Å². The molecular weight excluding hydrogens is 339 g/mol. The molecule has 0 radical (unpaired) electrons. The van der Waals surface area contributed by atoms with Gasteiger partial charge in [-0.2, -0.15) is 4.98 Å². The van der Waals surface area contributed by atoms with Crippen molar-refractivity contribution in [3.05, 3.63) is 41.8 Å². The van der Waals surface area contributed by atoms with Crippen molar-refractivity contribution in [3.63, 3.8) is 0 Å². The molecule has 0 saturated carbocycles. The number of ether oxygens (including phenoxy) is 1. The lowest BCUT2D eigenvalue weighted by molar-refractivity contribution is 0.0384. The molecule has 0 aliphatic carbocycles. The number of nitrogens with zero attached hydrogens (tertiary/aromatic N) is 5. The fourth-order valence-corrected chi connectivity index (χ4v) is 3.02. The number of nitrogen functional groups attached to an aromatic ring is 1. The van der Waals surface area contributed by atoms with Crippen LogP contribution in [0.5, 0.6) is 0 Å². The number of nitrogens with two attached hydrogens (primary N) is 1. The van der Waals surface area contributed by atoms with E-state index in [2.05, 4.69) is 20.0 Å². The van der Waals surface area contributed by atoms with Crippen molar-refractivity contribution < 1.29 is 14.6 Å². The monoisotopic (exact) mass is 360 g/mol. The first-order chi connectivity index (χ1) is 12.2. The molecule has 3 aromatic rings. The fraction of sp³-hybridized carbons (Fsp3) is 0.353. The molecule has 0 spiro atoms. The summed E-state index contributed by atoms with van der Waals surface area (Å²) in [5.41, 5.74) is 8.34. The highest BCUT2D eigenvalue weighted by molar-refractivity contribution is 5.64. The third-order valence-corrected chi connectivity index (χ3v) is 4.34. The Balaban J connectivity index is 0.00000196. The van der Waals surface area contributed by atoms with Gasteiger partial charge in [0.2, 0.25) is 5.95 Å². The van der Waals surface area contributed by atoms with E-state index in [0.29, 0.717) is 5.78 Å². The highest BCUT2D eigenvalue weighted by Gasteiger charge is 2.15. The van der Waals surface area contributed by atoms with Gasteiger partial charge in [-0.15, -0.1) is 5.10 Å². The average molecular weight is 360 g/mol. The lowest BCUT2D eigenvalue weighted by atomic mass is 10.0. The largest absolute Gasteiger partial charge is 0.412 e. The molecule has 1 aromatic carbocycles. The van der Waals surface area contributed by atoms with E-state index < -0.39 is 0 Å². The Morgan fingerprint density at radius 2 is 1.85 bits per heavy atom. The first-order valence-electron chi connectivity index (χ1n) is 8.27. The second kappa shape index (κ2) is 7.73. The van der Waals surface area contributed by atoms with E-state index in [9.17, 15) is 4.39 Å². The molecule has 1 aliphatic heterocycles. The standard InChI is InChI=1S/C17H19FN6O.H2O/c18-14-3-1-12(2-4-14)15-13(5-6-23-7-9-25-10-8-23)11-24-17(20-15)21-16(19)22-24;/h1-4,11H,5-10H2,(H2,19,22);1H2. The minimum absolute atomic E-state index is 0. The highest BCUT2D eigenvalue weighted by atomic mass is 19.1. The van der Waals surface area contributed by atoms with Gasteiger partial charge in [-0.05, 0) is 36.2 Å². The van der Waals surface area contributed by atoms with Crippen LogP contribution in [-0.2, 0) is 11.2 Å². The molecular formula is C17H21FN6O2. The van der Waals surface area contributed by atoms with Crippen LogP contribution >= 0.6 is 0 Å². The van der Waals surface area contributed by atoms with Crippen LogP contribution in [0.1, 0.15) is 5.56 Å². The smallest absolute Gasteiger partial charge is 0.254 e. The van der Waals surface area contributed by atoms with E-state index in [-0.39, 0.29) is 17.2 Å². The highest BCUT2D eigenvalue weighted by Crippen LogP contribution is 2.23. The van der Waals surface area contributed by atoms with Crippen LogP contribution in [0, 0.1) is 5.82 Å². The molecule has 8 nitrogen and oxygen atoms in total. The Kier molecular flexibility index (Phi) is 5.40. The Labute approximate surface area is 149 Å². The predicted octanol–water partition coefficient (Wildman–Crippen LogP) is 0.563. The minimum atomic E-state index is -0.272. The summed E-state index contributed by atoms with van der Waals surface area (Å²) in [5.74, 6) is 0.348. The number of benzene rings is 1. The van der Waals surface area contributed by atoms with E-state index in [0.717, 1.165) is 56.1 Å². The Bertz CT molecular complexity index is 877. The van der Waals surface area contributed by atoms with Crippen molar-refractivity contribution in [1.29, 1.82) is 0 Å². The second-order valence-electron chi connectivity index (χ2n) is 6.04. The van der Waals surface area contributed by atoms with Gasteiger partial charge in [-0.1, -0.05) is 0 Å². The summed E-state index contributed by atoms with van der Waals surface area (Å²) in [4.78, 5) is 11.1. The van der Waals surface area contributed by atoms with Gasteiger partial charge in [-0.3, -0.25) is 4.90 Å². The SMILES string of the molecule is Nc1nc2nc(-c3ccc(F)cc3)c(CCN3CCOCC3)cn2n1.O. The van der Waals surface area contributed by atoms with Gasteiger partial charge >= 0.3 is 0 Å². The van der Waals surface area contributed by atoms with Crippen LogP contribution in [0.2, 0.25) is 0 Å². The Hall–Kier alpha value is -2.62. The molecule has 0 unspecified atom stereocenters. The molecule has 4 rings (SSSR count). The molecule has 1 saturated heterocycles. The van der Waals surface area contributed by atoms with Gasteiger partial charge in [0, 0.05) is 31.4 Å². The Morgan fingerprint density at radius 1 is 1.12 bits per heavy atom. The number of hydrogen-bond donors (Lipinski definition) is 1. The maximum atomic E-state index is 13.3. The lowest BCUT2D eigenvalue weighted by Crippen LogP contribution is -2.37. The zero-order chi connectivity index (χ0) is 17.2. The summed E-state index contributed by atoms with van der Waals surface area (Å²) in [5, 5.41) is 4.14. The van der Waals surface area contributed by atoms with Crippen LogP contribution in [0.4, 0.5) is 10.3 Å².